The first-order valence-electron chi connectivity index (χ1n) is 6.69. The van der Waals surface area contributed by atoms with Crippen molar-refractivity contribution >= 4 is 17.4 Å². The smallest absolute Gasteiger partial charge is 0.307 e. The van der Waals surface area contributed by atoms with Crippen LogP contribution in [-0.2, 0) is 9.53 Å². The van der Waals surface area contributed by atoms with Crippen molar-refractivity contribution in [1.29, 1.82) is 0 Å². The van der Waals surface area contributed by atoms with Crippen LogP contribution in [0.15, 0.2) is 12.1 Å². The second-order valence-electron chi connectivity index (χ2n) is 4.29. The van der Waals surface area contributed by atoms with Crippen LogP contribution in [0.2, 0.25) is 0 Å². The first kappa shape index (κ1) is 16.8. The van der Waals surface area contributed by atoms with Gasteiger partial charge in [0.25, 0.3) is 0 Å². The van der Waals surface area contributed by atoms with Gasteiger partial charge in [0.15, 0.2) is 17.3 Å². The molecule has 0 saturated heterocycles. The number of carbonyl (C=O) groups is 2. The maximum absolute atomic E-state index is 11.7. The molecule has 0 saturated carbocycles. The lowest BCUT2D eigenvalue weighted by Gasteiger charge is -2.14. The summed E-state index contributed by atoms with van der Waals surface area (Å²) in [5.74, 6) is 0.615. The van der Waals surface area contributed by atoms with Gasteiger partial charge in [0.2, 0.25) is 0 Å². The number of ether oxygens (including phenoxy) is 3. The standard InChI is InChI=1S/C15H21NO5/c1-5-21-15(18)6-7-16-12-9-14(20-4)13(19-3)8-11(12)10(2)17/h8-9,16H,5-7H2,1-4H3. The summed E-state index contributed by atoms with van der Waals surface area (Å²) in [5.41, 5.74) is 1.08. The predicted molar refractivity (Wildman–Crippen MR) is 79.3 cm³/mol. The van der Waals surface area contributed by atoms with Crippen LogP contribution < -0.4 is 14.8 Å². The maximum atomic E-state index is 11.7. The number of Topliss-reactive ketones (excluding diaryl/α,β-unsaturated/α-hetero) is 1. The molecule has 0 aromatic heterocycles. The highest BCUT2D eigenvalue weighted by molar-refractivity contribution is 6.00. The SMILES string of the molecule is CCOC(=O)CCNc1cc(OC)c(OC)cc1C(C)=O. The number of ketones is 1. The van der Waals surface area contributed by atoms with Gasteiger partial charge in [-0.1, -0.05) is 0 Å². The third-order valence-corrected chi connectivity index (χ3v) is 2.85. The first-order chi connectivity index (χ1) is 10.0. The van der Waals surface area contributed by atoms with Gasteiger partial charge < -0.3 is 19.5 Å². The van der Waals surface area contributed by atoms with Gasteiger partial charge in [-0.3, -0.25) is 9.59 Å². The minimum absolute atomic E-state index is 0.102. The van der Waals surface area contributed by atoms with Gasteiger partial charge in [0, 0.05) is 23.9 Å². The van der Waals surface area contributed by atoms with Crippen LogP contribution in [0.1, 0.15) is 30.6 Å². The Morgan fingerprint density at radius 2 is 1.76 bits per heavy atom. The Kier molecular flexibility index (Phi) is 6.52. The molecule has 0 radical (unpaired) electrons. The largest absolute Gasteiger partial charge is 0.493 e. The lowest BCUT2D eigenvalue weighted by Crippen LogP contribution is -2.13. The summed E-state index contributed by atoms with van der Waals surface area (Å²) in [6, 6.07) is 3.30. The number of esters is 1. The molecule has 1 N–H and O–H groups in total. The van der Waals surface area contributed by atoms with Crippen LogP contribution in [0.4, 0.5) is 5.69 Å². The number of methoxy groups -OCH3 is 2. The molecule has 0 aliphatic heterocycles. The fourth-order valence-corrected chi connectivity index (χ4v) is 1.85. The lowest BCUT2D eigenvalue weighted by molar-refractivity contribution is -0.142. The number of carbonyl (C=O) groups excluding carboxylic acids is 2. The molecule has 0 fully saturated rings. The molecule has 0 aliphatic rings. The summed E-state index contributed by atoms with van der Waals surface area (Å²) in [5, 5.41) is 3.05. The van der Waals surface area contributed by atoms with Crippen LogP contribution in [0.25, 0.3) is 0 Å². The highest BCUT2D eigenvalue weighted by Crippen LogP contribution is 2.33. The molecule has 1 rings (SSSR count). The predicted octanol–water partition coefficient (Wildman–Crippen LogP) is 2.27. The lowest BCUT2D eigenvalue weighted by atomic mass is 10.1. The van der Waals surface area contributed by atoms with Gasteiger partial charge >= 0.3 is 5.97 Å². The Bertz CT molecular complexity index is 513. The summed E-state index contributed by atoms with van der Waals surface area (Å²) in [4.78, 5) is 23.0. The number of anilines is 1. The summed E-state index contributed by atoms with van der Waals surface area (Å²) in [6.07, 6.45) is 0.222. The molecule has 21 heavy (non-hydrogen) atoms. The highest BCUT2D eigenvalue weighted by Gasteiger charge is 2.14. The van der Waals surface area contributed by atoms with Crippen molar-refractivity contribution in [2.24, 2.45) is 0 Å². The Hall–Kier alpha value is -2.24. The summed E-state index contributed by atoms with van der Waals surface area (Å²) < 4.78 is 15.2. The second-order valence-corrected chi connectivity index (χ2v) is 4.29. The van der Waals surface area contributed by atoms with Gasteiger partial charge in [-0.15, -0.1) is 0 Å². The Balaban J connectivity index is 2.89. The Labute approximate surface area is 124 Å². The van der Waals surface area contributed by atoms with E-state index in [4.69, 9.17) is 14.2 Å². The van der Waals surface area contributed by atoms with Crippen LogP contribution >= 0.6 is 0 Å². The molecule has 6 heteroatoms. The molecule has 1 aromatic rings. The first-order valence-corrected chi connectivity index (χ1v) is 6.69. The van der Waals surface area contributed by atoms with E-state index in [0.717, 1.165) is 0 Å². The summed E-state index contributed by atoms with van der Waals surface area (Å²) >= 11 is 0. The molecule has 0 spiro atoms. The van der Waals surface area contributed by atoms with Crippen LogP contribution in [0.5, 0.6) is 11.5 Å². The average Bonchev–Trinajstić information content (AvgIpc) is 2.46. The monoisotopic (exact) mass is 295 g/mol. The van der Waals surface area contributed by atoms with E-state index in [1.165, 1.54) is 21.1 Å². The van der Waals surface area contributed by atoms with Gasteiger partial charge in [-0.2, -0.15) is 0 Å². The maximum Gasteiger partial charge on any atom is 0.307 e. The minimum Gasteiger partial charge on any atom is -0.493 e. The van der Waals surface area contributed by atoms with E-state index in [1.54, 1.807) is 19.1 Å². The van der Waals surface area contributed by atoms with E-state index in [-0.39, 0.29) is 18.2 Å². The molecule has 0 aliphatic carbocycles. The zero-order chi connectivity index (χ0) is 15.8. The van der Waals surface area contributed by atoms with Crippen LogP contribution in [0, 0.1) is 0 Å². The normalized spacial score (nSPS) is 9.90. The summed E-state index contributed by atoms with van der Waals surface area (Å²) in [7, 11) is 3.03. The third kappa shape index (κ3) is 4.66. The van der Waals surface area contributed by atoms with E-state index in [1.807, 2.05) is 0 Å². The molecule has 0 unspecified atom stereocenters. The quantitative estimate of drug-likeness (QED) is 0.586. The number of nitrogens with one attached hydrogen (secondary N) is 1. The molecule has 1 aromatic carbocycles. The minimum atomic E-state index is -0.283. The Morgan fingerprint density at radius 3 is 2.29 bits per heavy atom. The van der Waals surface area contributed by atoms with Crippen molar-refractivity contribution in [3.63, 3.8) is 0 Å². The highest BCUT2D eigenvalue weighted by atomic mass is 16.5. The van der Waals surface area contributed by atoms with Gasteiger partial charge in [0.05, 0.1) is 27.2 Å². The molecule has 0 amide bonds. The van der Waals surface area contributed by atoms with E-state index in [2.05, 4.69) is 5.32 Å². The molecular weight excluding hydrogens is 274 g/mol. The summed E-state index contributed by atoms with van der Waals surface area (Å²) in [6.45, 7) is 3.95. The van der Waals surface area contributed by atoms with Crippen molar-refractivity contribution in [2.45, 2.75) is 20.3 Å². The van der Waals surface area contributed by atoms with Crippen molar-refractivity contribution < 1.29 is 23.8 Å². The molecule has 0 atom stereocenters. The fraction of sp³-hybridized carbons (Fsp3) is 0.467. The van der Waals surface area contributed by atoms with Gasteiger partial charge in [0.1, 0.15) is 0 Å². The average molecular weight is 295 g/mol. The number of hydrogen-bond donors (Lipinski definition) is 1. The Morgan fingerprint density at radius 1 is 1.14 bits per heavy atom. The number of hydrogen-bond acceptors (Lipinski definition) is 6. The zero-order valence-corrected chi connectivity index (χ0v) is 12.8. The fourth-order valence-electron chi connectivity index (χ4n) is 1.85. The topological polar surface area (TPSA) is 73.9 Å². The van der Waals surface area contributed by atoms with Crippen LogP contribution in [-0.4, -0.2) is 39.1 Å². The van der Waals surface area contributed by atoms with Crippen molar-refractivity contribution in [3.05, 3.63) is 17.7 Å². The van der Waals surface area contributed by atoms with E-state index >= 15 is 0 Å². The van der Waals surface area contributed by atoms with Gasteiger partial charge in [-0.05, 0) is 19.9 Å². The van der Waals surface area contributed by atoms with Gasteiger partial charge in [-0.25, -0.2) is 0 Å². The van der Waals surface area contributed by atoms with Crippen molar-refractivity contribution in [3.8, 4) is 11.5 Å². The molecule has 0 bridgehead atoms. The zero-order valence-electron chi connectivity index (χ0n) is 12.8. The number of benzene rings is 1. The third-order valence-electron chi connectivity index (χ3n) is 2.85. The van der Waals surface area contributed by atoms with E-state index in [0.29, 0.717) is 35.9 Å². The number of rotatable bonds is 8. The van der Waals surface area contributed by atoms with Crippen molar-refractivity contribution in [1.82, 2.24) is 0 Å². The molecule has 6 nitrogen and oxygen atoms in total. The van der Waals surface area contributed by atoms with E-state index in [9.17, 15) is 9.59 Å². The van der Waals surface area contributed by atoms with E-state index < -0.39 is 0 Å². The second kappa shape index (κ2) is 8.14. The van der Waals surface area contributed by atoms with Crippen LogP contribution in [0.3, 0.4) is 0 Å². The molecule has 0 heterocycles. The van der Waals surface area contributed by atoms with Crippen molar-refractivity contribution in [2.75, 3.05) is 32.7 Å². The molecule has 116 valence electrons. The molecular formula is C15H21NO5.